The van der Waals surface area contributed by atoms with Crippen molar-refractivity contribution in [3.8, 4) is 0 Å². The molecule has 0 unspecified atom stereocenters. The van der Waals surface area contributed by atoms with Crippen LogP contribution < -0.4 is 0 Å². The lowest BCUT2D eigenvalue weighted by molar-refractivity contribution is -0.385. The maximum Gasteiger partial charge on any atom is 0.269 e. The minimum absolute atomic E-state index is 0.0190. The van der Waals surface area contributed by atoms with Crippen LogP contribution in [0.2, 0.25) is 0 Å². The molecule has 0 spiro atoms. The molecule has 22 heavy (non-hydrogen) atoms. The van der Waals surface area contributed by atoms with Gasteiger partial charge in [-0.15, -0.1) is 0 Å². The van der Waals surface area contributed by atoms with Crippen LogP contribution in [0.15, 0.2) is 60.7 Å². The summed E-state index contributed by atoms with van der Waals surface area (Å²) in [5, 5.41) is 23.7. The zero-order valence-electron chi connectivity index (χ0n) is 12.1. The summed E-state index contributed by atoms with van der Waals surface area (Å²) >= 11 is 0. The van der Waals surface area contributed by atoms with Crippen LogP contribution in [-0.4, -0.2) is 10.0 Å². The molecule has 0 heterocycles. The van der Waals surface area contributed by atoms with Crippen molar-refractivity contribution < 1.29 is 10.0 Å². The molecule has 4 heteroatoms. The third-order valence-corrected chi connectivity index (χ3v) is 3.86. The van der Waals surface area contributed by atoms with E-state index in [0.717, 1.165) is 21.9 Å². The van der Waals surface area contributed by atoms with Crippen molar-refractivity contribution in [1.29, 1.82) is 0 Å². The Balaban J connectivity index is 2.17. The second-order valence-electron chi connectivity index (χ2n) is 5.27. The Morgan fingerprint density at radius 3 is 2.59 bits per heavy atom. The van der Waals surface area contributed by atoms with E-state index < -0.39 is 11.0 Å². The predicted molar refractivity (Wildman–Crippen MR) is 85.8 cm³/mol. The van der Waals surface area contributed by atoms with Crippen LogP contribution in [-0.2, 0) is 0 Å². The molecule has 3 aromatic carbocycles. The summed E-state index contributed by atoms with van der Waals surface area (Å²) in [4.78, 5) is 10.5. The summed E-state index contributed by atoms with van der Waals surface area (Å²) < 4.78 is 0. The first kappa shape index (κ1) is 14.2. The molecular formula is C18H15NO3. The molecule has 0 saturated heterocycles. The van der Waals surface area contributed by atoms with Crippen molar-refractivity contribution in [2.24, 2.45) is 0 Å². The largest absolute Gasteiger partial charge is 0.384 e. The van der Waals surface area contributed by atoms with Gasteiger partial charge in [-0.2, -0.15) is 0 Å². The van der Waals surface area contributed by atoms with Gasteiger partial charge < -0.3 is 5.11 Å². The van der Waals surface area contributed by atoms with Crippen LogP contribution in [0.4, 0.5) is 5.69 Å². The number of aliphatic hydroxyl groups is 1. The molecule has 3 rings (SSSR count). The summed E-state index contributed by atoms with van der Waals surface area (Å²) in [6.45, 7) is 1.93. The number of nitro benzene ring substituents is 1. The number of nitro groups is 1. The monoisotopic (exact) mass is 293 g/mol. The van der Waals surface area contributed by atoms with Crippen molar-refractivity contribution in [2.45, 2.75) is 13.0 Å². The van der Waals surface area contributed by atoms with E-state index in [1.165, 1.54) is 12.1 Å². The molecule has 0 aromatic heterocycles. The molecule has 0 bridgehead atoms. The quantitative estimate of drug-likeness (QED) is 0.583. The molecule has 0 radical (unpaired) electrons. The maximum absolute atomic E-state index is 10.9. The van der Waals surface area contributed by atoms with Crippen LogP contribution in [0, 0.1) is 17.0 Å². The highest BCUT2D eigenvalue weighted by Gasteiger charge is 2.18. The lowest BCUT2D eigenvalue weighted by atomic mass is 9.92. The topological polar surface area (TPSA) is 63.4 Å². The lowest BCUT2D eigenvalue weighted by Gasteiger charge is -2.17. The Hall–Kier alpha value is -2.72. The van der Waals surface area contributed by atoms with Gasteiger partial charge in [-0.1, -0.05) is 48.5 Å². The molecule has 110 valence electrons. The third-order valence-electron chi connectivity index (χ3n) is 3.86. The molecule has 0 amide bonds. The van der Waals surface area contributed by atoms with Gasteiger partial charge in [0.25, 0.3) is 5.69 Å². The van der Waals surface area contributed by atoms with Crippen LogP contribution >= 0.6 is 0 Å². The molecule has 3 aromatic rings. The lowest BCUT2D eigenvalue weighted by Crippen LogP contribution is -2.04. The van der Waals surface area contributed by atoms with Crippen molar-refractivity contribution in [2.75, 3.05) is 0 Å². The molecule has 1 atom stereocenters. The summed E-state index contributed by atoms with van der Waals surface area (Å²) in [6.07, 6.45) is -0.897. The van der Waals surface area contributed by atoms with E-state index >= 15 is 0 Å². The average Bonchev–Trinajstić information content (AvgIpc) is 2.54. The maximum atomic E-state index is 10.9. The highest BCUT2D eigenvalue weighted by Crippen LogP contribution is 2.32. The second-order valence-corrected chi connectivity index (χ2v) is 5.27. The SMILES string of the molecule is Cc1ccc2ccccc2c1[C@H](O)c1cccc([N+](=O)[O-])c1. The Labute approximate surface area is 127 Å². The zero-order chi connectivity index (χ0) is 15.7. The van der Waals surface area contributed by atoms with Gasteiger partial charge in [0.05, 0.1) is 4.92 Å². The van der Waals surface area contributed by atoms with Crippen LogP contribution in [0.25, 0.3) is 10.8 Å². The average molecular weight is 293 g/mol. The fraction of sp³-hybridized carbons (Fsp3) is 0.111. The van der Waals surface area contributed by atoms with Gasteiger partial charge in [0.15, 0.2) is 0 Å². The molecule has 0 aliphatic heterocycles. The standard InChI is InChI=1S/C18H15NO3/c1-12-9-10-13-5-2-3-8-16(13)17(12)18(20)14-6-4-7-15(11-14)19(21)22/h2-11,18,20H,1H3/t18-/m1/s1. The van der Waals surface area contributed by atoms with Crippen molar-refractivity contribution >= 4 is 16.5 Å². The van der Waals surface area contributed by atoms with E-state index in [4.69, 9.17) is 0 Å². The normalized spacial score (nSPS) is 12.3. The number of hydrogen-bond donors (Lipinski definition) is 1. The Bertz CT molecular complexity index is 858. The molecule has 0 aliphatic carbocycles. The number of aryl methyl sites for hydroxylation is 1. The number of benzene rings is 3. The van der Waals surface area contributed by atoms with E-state index in [1.54, 1.807) is 12.1 Å². The van der Waals surface area contributed by atoms with Crippen LogP contribution in [0.1, 0.15) is 22.8 Å². The van der Waals surface area contributed by atoms with Gasteiger partial charge in [0.2, 0.25) is 0 Å². The first-order valence-corrected chi connectivity index (χ1v) is 6.98. The van der Waals surface area contributed by atoms with Crippen molar-refractivity contribution in [1.82, 2.24) is 0 Å². The van der Waals surface area contributed by atoms with E-state index in [1.807, 2.05) is 43.3 Å². The number of nitrogens with zero attached hydrogens (tertiary/aromatic N) is 1. The fourth-order valence-electron chi connectivity index (χ4n) is 2.74. The molecule has 1 N–H and O–H groups in total. The minimum Gasteiger partial charge on any atom is -0.384 e. The molecular weight excluding hydrogens is 278 g/mol. The second kappa shape index (κ2) is 5.58. The Morgan fingerprint density at radius 1 is 1.05 bits per heavy atom. The number of fused-ring (bicyclic) bond motifs is 1. The van der Waals surface area contributed by atoms with E-state index in [0.29, 0.717) is 5.56 Å². The fourth-order valence-corrected chi connectivity index (χ4v) is 2.74. The summed E-state index contributed by atoms with van der Waals surface area (Å²) in [5.41, 5.74) is 2.25. The molecule has 0 saturated carbocycles. The first-order chi connectivity index (χ1) is 10.6. The highest BCUT2D eigenvalue weighted by atomic mass is 16.6. The minimum atomic E-state index is -0.897. The first-order valence-electron chi connectivity index (χ1n) is 6.98. The van der Waals surface area contributed by atoms with Crippen LogP contribution in [0.3, 0.4) is 0 Å². The number of aliphatic hydroxyl groups excluding tert-OH is 1. The molecule has 0 aliphatic rings. The third kappa shape index (κ3) is 2.44. The molecule has 0 fully saturated rings. The number of rotatable bonds is 3. The summed E-state index contributed by atoms with van der Waals surface area (Å²) in [7, 11) is 0. The van der Waals surface area contributed by atoms with Gasteiger partial charge in [-0.25, -0.2) is 0 Å². The number of non-ortho nitro benzene ring substituents is 1. The van der Waals surface area contributed by atoms with Gasteiger partial charge in [-0.3, -0.25) is 10.1 Å². The Morgan fingerprint density at radius 2 is 1.82 bits per heavy atom. The van der Waals surface area contributed by atoms with Crippen LogP contribution in [0.5, 0.6) is 0 Å². The Kier molecular flexibility index (Phi) is 3.61. The number of hydrogen-bond acceptors (Lipinski definition) is 3. The predicted octanol–water partition coefficient (Wildman–Crippen LogP) is 4.14. The van der Waals surface area contributed by atoms with Gasteiger partial charge in [-0.05, 0) is 34.4 Å². The zero-order valence-corrected chi connectivity index (χ0v) is 12.1. The van der Waals surface area contributed by atoms with E-state index in [2.05, 4.69) is 0 Å². The van der Waals surface area contributed by atoms with Crippen molar-refractivity contribution in [3.63, 3.8) is 0 Å². The molecule has 4 nitrogen and oxygen atoms in total. The smallest absolute Gasteiger partial charge is 0.269 e. The van der Waals surface area contributed by atoms with Gasteiger partial charge in [0.1, 0.15) is 6.10 Å². The summed E-state index contributed by atoms with van der Waals surface area (Å²) in [6, 6.07) is 17.9. The van der Waals surface area contributed by atoms with E-state index in [9.17, 15) is 15.2 Å². The van der Waals surface area contributed by atoms with Gasteiger partial charge >= 0.3 is 0 Å². The van der Waals surface area contributed by atoms with Gasteiger partial charge in [0, 0.05) is 12.1 Å². The van der Waals surface area contributed by atoms with E-state index in [-0.39, 0.29) is 5.69 Å². The summed E-state index contributed by atoms with van der Waals surface area (Å²) in [5.74, 6) is 0. The van der Waals surface area contributed by atoms with Crippen molar-refractivity contribution in [3.05, 3.63) is 87.5 Å². The highest BCUT2D eigenvalue weighted by molar-refractivity contribution is 5.87.